The molecule has 0 fully saturated rings. The molecule has 0 unspecified atom stereocenters. The number of rotatable bonds is 6. The van der Waals surface area contributed by atoms with E-state index in [9.17, 15) is 4.79 Å². The maximum absolute atomic E-state index is 13.2. The summed E-state index contributed by atoms with van der Waals surface area (Å²) in [5, 5.41) is 20.0. The molecule has 140 valence electrons. The van der Waals surface area contributed by atoms with E-state index >= 15 is 0 Å². The fourth-order valence-electron chi connectivity index (χ4n) is 3.24. The van der Waals surface area contributed by atoms with Crippen molar-refractivity contribution >= 4 is 22.4 Å². The van der Waals surface area contributed by atoms with Crippen molar-refractivity contribution in [3.63, 3.8) is 0 Å². The summed E-state index contributed by atoms with van der Waals surface area (Å²) in [5.74, 6) is 0.115. The van der Waals surface area contributed by atoms with Gasteiger partial charge in [0.1, 0.15) is 5.75 Å². The number of fused-ring (bicyclic) bond motifs is 1. The quantitative estimate of drug-likeness (QED) is 0.559. The molecule has 1 heterocycles. The van der Waals surface area contributed by atoms with E-state index in [2.05, 4.69) is 25.9 Å². The first-order valence-corrected chi connectivity index (χ1v) is 8.85. The van der Waals surface area contributed by atoms with Gasteiger partial charge in [0.25, 0.3) is 0 Å². The van der Waals surface area contributed by atoms with Crippen LogP contribution in [-0.4, -0.2) is 28.5 Å². The van der Waals surface area contributed by atoms with Crippen LogP contribution in [0.15, 0.2) is 66.7 Å². The zero-order valence-electron chi connectivity index (χ0n) is 15.2. The van der Waals surface area contributed by atoms with Crippen LogP contribution in [0, 0.1) is 0 Å². The summed E-state index contributed by atoms with van der Waals surface area (Å²) >= 11 is 0. The van der Waals surface area contributed by atoms with E-state index in [1.54, 1.807) is 7.11 Å². The third-order valence-corrected chi connectivity index (χ3v) is 4.63. The van der Waals surface area contributed by atoms with Gasteiger partial charge in [0.2, 0.25) is 5.91 Å². The Morgan fingerprint density at radius 1 is 1.07 bits per heavy atom. The lowest BCUT2D eigenvalue weighted by Gasteiger charge is -2.19. The molecule has 1 aromatic heterocycles. The summed E-state index contributed by atoms with van der Waals surface area (Å²) in [6.07, 6.45) is 0.369. The number of amides is 1. The third kappa shape index (κ3) is 3.55. The number of ether oxygens (including phenoxy) is 1. The largest absolute Gasteiger partial charge is 0.496 e. The number of carbonyl (C=O) groups excluding carboxylic acids is 1. The SMILES string of the molecule is COc1ccccc1C[C@H](C(=O)Nc1cccc2ccccc12)c1nnn[n-]1. The zero-order chi connectivity index (χ0) is 19.3. The molecular formula is C21H18N5O2-. The number of hydrogen-bond donors (Lipinski definition) is 1. The summed E-state index contributed by atoms with van der Waals surface area (Å²) in [6.45, 7) is 0. The number of nitrogens with zero attached hydrogens (tertiary/aromatic N) is 4. The van der Waals surface area contributed by atoms with E-state index in [1.165, 1.54) is 0 Å². The van der Waals surface area contributed by atoms with Crippen LogP contribution in [0.3, 0.4) is 0 Å². The number of anilines is 1. The average Bonchev–Trinajstić information content (AvgIpc) is 3.27. The Morgan fingerprint density at radius 3 is 2.68 bits per heavy atom. The van der Waals surface area contributed by atoms with Crippen molar-refractivity contribution < 1.29 is 9.53 Å². The molecule has 1 amide bonds. The summed E-state index contributed by atoms with van der Waals surface area (Å²) in [7, 11) is 1.60. The van der Waals surface area contributed by atoms with Crippen LogP contribution in [0.2, 0.25) is 0 Å². The van der Waals surface area contributed by atoms with Gasteiger partial charge in [0.15, 0.2) is 0 Å². The Kier molecular flexibility index (Phi) is 4.97. The van der Waals surface area contributed by atoms with Gasteiger partial charge in [-0.15, -0.1) is 0 Å². The molecule has 1 atom stereocenters. The molecule has 0 radical (unpaired) electrons. The van der Waals surface area contributed by atoms with Crippen molar-refractivity contribution in [3.8, 4) is 5.75 Å². The van der Waals surface area contributed by atoms with Gasteiger partial charge < -0.3 is 15.2 Å². The van der Waals surface area contributed by atoms with Gasteiger partial charge in [-0.25, -0.2) is 0 Å². The standard InChI is InChI=1S/C21H19N5O2/c1-28-19-12-5-3-8-15(19)13-17(20-23-25-26-24-20)21(27)22-18-11-6-9-14-7-2-4-10-16(14)18/h2-12,17H,13H2,1H3,(H2,22,23,24,25,26,27)/p-1/t17-/m0/s1. The van der Waals surface area contributed by atoms with Gasteiger partial charge in [-0.1, -0.05) is 54.6 Å². The number of methoxy groups -OCH3 is 1. The molecule has 0 bridgehead atoms. The molecule has 3 aromatic carbocycles. The average molecular weight is 372 g/mol. The number of carbonyl (C=O) groups is 1. The molecule has 4 aromatic rings. The highest BCUT2D eigenvalue weighted by Gasteiger charge is 2.23. The van der Waals surface area contributed by atoms with Crippen molar-refractivity contribution in [2.45, 2.75) is 12.3 Å². The Balaban J connectivity index is 1.66. The highest BCUT2D eigenvalue weighted by Crippen LogP contribution is 2.28. The number of benzene rings is 3. The molecular weight excluding hydrogens is 354 g/mol. The first-order valence-electron chi connectivity index (χ1n) is 8.85. The Bertz CT molecular complexity index is 1090. The van der Waals surface area contributed by atoms with Crippen LogP contribution in [0.1, 0.15) is 17.3 Å². The predicted molar refractivity (Wildman–Crippen MR) is 105 cm³/mol. The van der Waals surface area contributed by atoms with Crippen LogP contribution >= 0.6 is 0 Å². The van der Waals surface area contributed by atoms with Gasteiger partial charge in [-0.2, -0.15) is 5.21 Å². The van der Waals surface area contributed by atoms with E-state index in [0.29, 0.717) is 12.2 Å². The van der Waals surface area contributed by atoms with Crippen LogP contribution < -0.4 is 15.2 Å². The zero-order valence-corrected chi connectivity index (χ0v) is 15.2. The minimum Gasteiger partial charge on any atom is -0.496 e. The summed E-state index contributed by atoms with van der Waals surface area (Å²) in [6, 6.07) is 21.2. The highest BCUT2D eigenvalue weighted by molar-refractivity contribution is 6.04. The second-order valence-electron chi connectivity index (χ2n) is 6.32. The van der Waals surface area contributed by atoms with Crippen LogP contribution in [0.25, 0.3) is 10.8 Å². The van der Waals surface area contributed by atoms with E-state index in [-0.39, 0.29) is 11.7 Å². The minimum absolute atomic E-state index is 0.225. The lowest BCUT2D eigenvalue weighted by molar-refractivity contribution is -0.117. The van der Waals surface area contributed by atoms with Crippen molar-refractivity contribution in [2.24, 2.45) is 0 Å². The van der Waals surface area contributed by atoms with Crippen LogP contribution in [0.4, 0.5) is 5.69 Å². The number of para-hydroxylation sites is 1. The first-order chi connectivity index (χ1) is 13.8. The second kappa shape index (κ2) is 7.87. The van der Waals surface area contributed by atoms with E-state index < -0.39 is 5.92 Å². The summed E-state index contributed by atoms with van der Waals surface area (Å²) < 4.78 is 5.42. The Hall–Kier alpha value is -3.74. The van der Waals surface area contributed by atoms with Crippen molar-refractivity contribution in [1.82, 2.24) is 20.6 Å². The molecule has 0 aliphatic rings. The summed E-state index contributed by atoms with van der Waals surface area (Å²) in [4.78, 5) is 13.2. The van der Waals surface area contributed by atoms with Gasteiger partial charge in [-0.3, -0.25) is 15.1 Å². The molecule has 7 heteroatoms. The summed E-state index contributed by atoms with van der Waals surface area (Å²) in [5.41, 5.74) is 1.62. The maximum atomic E-state index is 13.2. The molecule has 0 aliphatic carbocycles. The third-order valence-electron chi connectivity index (χ3n) is 4.63. The fraction of sp³-hybridized carbons (Fsp3) is 0.143. The van der Waals surface area contributed by atoms with Crippen LogP contribution in [0.5, 0.6) is 5.75 Å². The first kappa shape index (κ1) is 17.7. The van der Waals surface area contributed by atoms with Gasteiger partial charge >= 0.3 is 0 Å². The number of nitrogens with one attached hydrogen (secondary N) is 1. The topological polar surface area (TPSA) is 91.1 Å². The van der Waals surface area contributed by atoms with Gasteiger partial charge in [-0.05, 0) is 29.5 Å². The molecule has 0 aliphatic heterocycles. The lowest BCUT2D eigenvalue weighted by Crippen LogP contribution is -2.24. The molecule has 0 saturated heterocycles. The number of aromatic nitrogens is 4. The normalized spacial score (nSPS) is 11.9. The van der Waals surface area contributed by atoms with Crippen molar-refractivity contribution in [1.29, 1.82) is 0 Å². The van der Waals surface area contributed by atoms with Gasteiger partial charge in [0, 0.05) is 16.9 Å². The van der Waals surface area contributed by atoms with Crippen molar-refractivity contribution in [2.75, 3.05) is 12.4 Å². The van der Waals surface area contributed by atoms with Crippen molar-refractivity contribution in [3.05, 3.63) is 78.1 Å². The molecule has 4 rings (SSSR count). The smallest absolute Gasteiger partial charge is 0.232 e. The van der Waals surface area contributed by atoms with E-state index in [4.69, 9.17) is 4.74 Å². The van der Waals surface area contributed by atoms with Crippen LogP contribution in [-0.2, 0) is 11.2 Å². The van der Waals surface area contributed by atoms with E-state index in [1.807, 2.05) is 66.7 Å². The monoisotopic (exact) mass is 372 g/mol. The number of tetrazole rings is 1. The van der Waals surface area contributed by atoms with E-state index in [0.717, 1.165) is 22.0 Å². The Morgan fingerprint density at radius 2 is 1.86 bits per heavy atom. The fourth-order valence-corrected chi connectivity index (χ4v) is 3.24. The minimum atomic E-state index is -0.648. The molecule has 1 N–H and O–H groups in total. The maximum Gasteiger partial charge on any atom is 0.232 e. The molecule has 0 spiro atoms. The second-order valence-corrected chi connectivity index (χ2v) is 6.32. The number of hydrogen-bond acceptors (Lipinski definition) is 5. The van der Waals surface area contributed by atoms with Gasteiger partial charge in [0.05, 0.1) is 13.0 Å². The molecule has 0 saturated carbocycles. The highest BCUT2D eigenvalue weighted by atomic mass is 16.5. The lowest BCUT2D eigenvalue weighted by atomic mass is 9.96. The molecule has 7 nitrogen and oxygen atoms in total. The predicted octanol–water partition coefficient (Wildman–Crippen LogP) is 2.96. The Labute approximate surface area is 161 Å². The molecule has 28 heavy (non-hydrogen) atoms.